The van der Waals surface area contributed by atoms with E-state index in [1.165, 1.54) is 5.56 Å². The number of aromatic nitrogens is 4. The first-order valence-corrected chi connectivity index (χ1v) is 10.4. The van der Waals surface area contributed by atoms with E-state index in [2.05, 4.69) is 15.0 Å². The summed E-state index contributed by atoms with van der Waals surface area (Å²) in [4.78, 5) is 26.3. The molecular formula is C23H18N4OS. The maximum Gasteiger partial charge on any atom is 0.259 e. The van der Waals surface area contributed by atoms with Crippen molar-refractivity contribution < 1.29 is 0 Å². The molecule has 1 aromatic carbocycles. The summed E-state index contributed by atoms with van der Waals surface area (Å²) in [7, 11) is 0. The Morgan fingerprint density at radius 1 is 0.931 bits per heavy atom. The van der Waals surface area contributed by atoms with E-state index in [1.54, 1.807) is 34.5 Å². The molecule has 0 aliphatic heterocycles. The second kappa shape index (κ2) is 7.56. The van der Waals surface area contributed by atoms with Crippen LogP contribution in [0.15, 0.2) is 77.4 Å². The number of nitrogens with zero attached hydrogens (tertiary/aromatic N) is 4. The van der Waals surface area contributed by atoms with Crippen LogP contribution in [-0.4, -0.2) is 19.5 Å². The van der Waals surface area contributed by atoms with Crippen LogP contribution in [0.5, 0.6) is 0 Å². The fourth-order valence-corrected chi connectivity index (χ4v) is 4.29. The van der Waals surface area contributed by atoms with Crippen LogP contribution in [0.1, 0.15) is 17.5 Å². The van der Waals surface area contributed by atoms with Gasteiger partial charge in [0.2, 0.25) is 0 Å². The van der Waals surface area contributed by atoms with Gasteiger partial charge in [0.15, 0.2) is 0 Å². The largest absolute Gasteiger partial charge is 0.269 e. The number of fused-ring (bicyclic) bond motifs is 2. The van der Waals surface area contributed by atoms with E-state index in [-0.39, 0.29) is 5.56 Å². The summed E-state index contributed by atoms with van der Waals surface area (Å²) in [6.07, 6.45) is 7.86. The van der Waals surface area contributed by atoms with Crippen LogP contribution < -0.4 is 5.56 Å². The van der Waals surface area contributed by atoms with Crippen LogP contribution in [0.4, 0.5) is 0 Å². The van der Waals surface area contributed by atoms with Gasteiger partial charge in [-0.1, -0.05) is 0 Å². The van der Waals surface area contributed by atoms with Crippen LogP contribution in [-0.2, 0) is 12.8 Å². The van der Waals surface area contributed by atoms with E-state index in [0.29, 0.717) is 12.1 Å². The number of aryl methyl sites for hydroxylation is 2. The van der Waals surface area contributed by atoms with E-state index in [9.17, 15) is 4.79 Å². The third-order valence-corrected chi connectivity index (χ3v) is 5.88. The Balaban J connectivity index is 1.57. The average molecular weight is 398 g/mol. The van der Waals surface area contributed by atoms with Crippen LogP contribution >= 0.6 is 11.3 Å². The second-order valence-corrected chi connectivity index (χ2v) is 7.83. The Hall–Kier alpha value is -3.38. The van der Waals surface area contributed by atoms with Crippen molar-refractivity contribution in [2.75, 3.05) is 0 Å². The third kappa shape index (κ3) is 3.43. The van der Waals surface area contributed by atoms with Crippen molar-refractivity contribution in [2.24, 2.45) is 0 Å². The summed E-state index contributed by atoms with van der Waals surface area (Å²) in [5.41, 5.74) is 6.21. The molecule has 0 amide bonds. The number of hydrogen-bond acceptors (Lipinski definition) is 5. The van der Waals surface area contributed by atoms with Gasteiger partial charge >= 0.3 is 0 Å². The topological polar surface area (TPSA) is 60.7 Å². The smallest absolute Gasteiger partial charge is 0.259 e. The second-order valence-electron chi connectivity index (χ2n) is 6.94. The van der Waals surface area contributed by atoms with E-state index >= 15 is 0 Å². The quantitative estimate of drug-likeness (QED) is 0.435. The van der Waals surface area contributed by atoms with Gasteiger partial charge in [-0.2, -0.15) is 0 Å². The van der Waals surface area contributed by atoms with Crippen molar-refractivity contribution in [1.29, 1.82) is 0 Å². The van der Waals surface area contributed by atoms with Gasteiger partial charge in [-0.05, 0) is 73.4 Å². The number of thiazole rings is 1. The molecule has 0 aliphatic carbocycles. The predicted molar refractivity (Wildman–Crippen MR) is 117 cm³/mol. The SMILES string of the molecule is O=c1c(CCCc2ccncc2)cc2cccnc2n1-c1ccc2scnc2c1. The lowest BCUT2D eigenvalue weighted by Crippen LogP contribution is -2.23. The summed E-state index contributed by atoms with van der Waals surface area (Å²) in [5.74, 6) is 0. The zero-order chi connectivity index (χ0) is 19.6. The number of rotatable bonds is 5. The molecule has 0 N–H and O–H groups in total. The van der Waals surface area contributed by atoms with Gasteiger partial charge in [0.05, 0.1) is 21.4 Å². The summed E-state index contributed by atoms with van der Waals surface area (Å²) < 4.78 is 2.82. The number of benzene rings is 1. The Morgan fingerprint density at radius 3 is 2.72 bits per heavy atom. The average Bonchev–Trinajstić information content (AvgIpc) is 3.23. The predicted octanol–water partition coefficient (Wildman–Crippen LogP) is 4.57. The number of hydrogen-bond donors (Lipinski definition) is 0. The molecule has 6 heteroatoms. The fraction of sp³-hybridized carbons (Fsp3) is 0.130. The van der Waals surface area contributed by atoms with Crippen molar-refractivity contribution in [1.82, 2.24) is 19.5 Å². The van der Waals surface area contributed by atoms with Crippen LogP contribution in [0.3, 0.4) is 0 Å². The summed E-state index contributed by atoms with van der Waals surface area (Å²) in [6, 6.07) is 15.9. The maximum atomic E-state index is 13.4. The zero-order valence-electron chi connectivity index (χ0n) is 15.7. The summed E-state index contributed by atoms with van der Waals surface area (Å²) in [5, 5.41) is 0.962. The summed E-state index contributed by atoms with van der Waals surface area (Å²) >= 11 is 1.59. The molecule has 0 saturated carbocycles. The minimum absolute atomic E-state index is 0.0134. The van der Waals surface area contributed by atoms with Crippen molar-refractivity contribution in [3.8, 4) is 5.69 Å². The van der Waals surface area contributed by atoms with E-state index in [1.807, 2.05) is 54.0 Å². The molecule has 4 aromatic heterocycles. The van der Waals surface area contributed by atoms with Crippen molar-refractivity contribution in [3.05, 3.63) is 94.1 Å². The highest BCUT2D eigenvalue weighted by Crippen LogP contribution is 2.23. The van der Waals surface area contributed by atoms with Gasteiger partial charge in [0.1, 0.15) is 5.65 Å². The Kier molecular flexibility index (Phi) is 4.62. The molecule has 0 fully saturated rings. The van der Waals surface area contributed by atoms with Crippen LogP contribution in [0, 0.1) is 0 Å². The Labute approximate surface area is 171 Å². The van der Waals surface area contributed by atoms with E-state index in [4.69, 9.17) is 0 Å². The standard InChI is InChI=1S/C23H18N4OS/c28-23-18(4-1-3-16-8-11-24-12-9-16)13-17-5-2-10-25-22(17)27(23)19-6-7-21-20(14-19)26-15-29-21/h2,5-15H,1,3-4H2. The monoisotopic (exact) mass is 398 g/mol. The highest BCUT2D eigenvalue weighted by Gasteiger charge is 2.13. The first kappa shape index (κ1) is 17.7. The lowest BCUT2D eigenvalue weighted by atomic mass is 10.0. The number of pyridine rings is 3. The van der Waals surface area contributed by atoms with Gasteiger partial charge in [0, 0.05) is 29.5 Å². The van der Waals surface area contributed by atoms with Crippen molar-refractivity contribution in [2.45, 2.75) is 19.3 Å². The third-order valence-electron chi connectivity index (χ3n) is 5.07. The molecule has 0 saturated heterocycles. The van der Waals surface area contributed by atoms with E-state index < -0.39 is 0 Å². The molecule has 29 heavy (non-hydrogen) atoms. The van der Waals surface area contributed by atoms with Crippen molar-refractivity contribution >= 4 is 32.6 Å². The minimum atomic E-state index is -0.0134. The first-order chi connectivity index (χ1) is 14.3. The first-order valence-electron chi connectivity index (χ1n) is 9.52. The fourth-order valence-electron chi connectivity index (χ4n) is 3.63. The molecule has 5 aromatic rings. The maximum absolute atomic E-state index is 13.4. The van der Waals surface area contributed by atoms with Crippen molar-refractivity contribution in [3.63, 3.8) is 0 Å². The van der Waals surface area contributed by atoms with Gasteiger partial charge in [-0.25, -0.2) is 9.97 Å². The molecule has 0 spiro atoms. The molecule has 0 atom stereocenters. The Morgan fingerprint density at radius 2 is 1.83 bits per heavy atom. The lowest BCUT2D eigenvalue weighted by molar-refractivity contribution is 0.802. The summed E-state index contributed by atoms with van der Waals surface area (Å²) in [6.45, 7) is 0. The van der Waals surface area contributed by atoms with Gasteiger partial charge in [0.25, 0.3) is 5.56 Å². The molecule has 0 radical (unpaired) electrons. The molecular weight excluding hydrogens is 380 g/mol. The molecule has 5 rings (SSSR count). The van der Waals surface area contributed by atoms with E-state index in [0.717, 1.165) is 39.7 Å². The molecule has 142 valence electrons. The molecule has 0 bridgehead atoms. The molecule has 4 heterocycles. The van der Waals surface area contributed by atoms with Crippen LogP contribution in [0.25, 0.3) is 26.9 Å². The Bertz CT molecular complexity index is 1360. The normalized spacial score (nSPS) is 11.3. The zero-order valence-corrected chi connectivity index (χ0v) is 16.5. The minimum Gasteiger partial charge on any atom is -0.269 e. The molecule has 5 nitrogen and oxygen atoms in total. The van der Waals surface area contributed by atoms with Gasteiger partial charge < -0.3 is 0 Å². The highest BCUT2D eigenvalue weighted by molar-refractivity contribution is 7.16. The van der Waals surface area contributed by atoms with Gasteiger partial charge in [-0.15, -0.1) is 11.3 Å². The lowest BCUT2D eigenvalue weighted by Gasteiger charge is -2.12. The molecule has 0 aliphatic rings. The van der Waals surface area contributed by atoms with Crippen LogP contribution in [0.2, 0.25) is 0 Å². The highest BCUT2D eigenvalue weighted by atomic mass is 32.1. The molecule has 0 unspecified atom stereocenters. The van der Waals surface area contributed by atoms with Gasteiger partial charge in [-0.3, -0.25) is 14.3 Å².